The number of aliphatic hydroxyl groups is 1. The predicted molar refractivity (Wildman–Crippen MR) is 50.9 cm³/mol. The Labute approximate surface area is 128 Å². The molecule has 0 saturated heterocycles. The van der Waals surface area contributed by atoms with Gasteiger partial charge in [-0.05, 0) is 0 Å². The summed E-state index contributed by atoms with van der Waals surface area (Å²) in [5.74, 6) is 0. The van der Waals surface area contributed by atoms with E-state index in [0.29, 0.717) is 0 Å². The molecular formula is C2H11BaClO8P2. The molecule has 1 unspecified atom stereocenters. The fraction of sp³-hybridized carbons (Fsp3) is 1.00. The maximum absolute atomic E-state index is 10.4. The van der Waals surface area contributed by atoms with Gasteiger partial charge in [-0.25, -0.2) is 9.13 Å². The van der Waals surface area contributed by atoms with Gasteiger partial charge in [-0.1, -0.05) is 11.6 Å². The Morgan fingerprint density at radius 3 is 1.86 bits per heavy atom. The van der Waals surface area contributed by atoms with E-state index in [0.717, 1.165) is 7.11 Å². The molecule has 0 saturated carbocycles. The van der Waals surface area contributed by atoms with E-state index < -0.39 is 21.7 Å². The van der Waals surface area contributed by atoms with Crippen molar-refractivity contribution < 1.29 is 40.6 Å². The van der Waals surface area contributed by atoms with Crippen molar-refractivity contribution in [1.29, 1.82) is 0 Å². The Hall–Kier alpha value is 2.08. The van der Waals surface area contributed by atoms with E-state index in [2.05, 4.69) is 8.83 Å². The van der Waals surface area contributed by atoms with Gasteiger partial charge in [0.2, 0.25) is 0 Å². The Morgan fingerprint density at radius 2 is 1.64 bits per heavy atom. The van der Waals surface area contributed by atoms with Crippen LogP contribution >= 0.6 is 27.2 Å². The van der Waals surface area contributed by atoms with Gasteiger partial charge in [-0.15, -0.1) is 0 Å². The van der Waals surface area contributed by atoms with Gasteiger partial charge in [-0.2, -0.15) is 4.31 Å². The molecule has 4 N–H and O–H groups in total. The van der Waals surface area contributed by atoms with Crippen LogP contribution in [0.25, 0.3) is 0 Å². The molecule has 0 aliphatic carbocycles. The van der Waals surface area contributed by atoms with Crippen LogP contribution < -0.4 is 0 Å². The van der Waals surface area contributed by atoms with Gasteiger partial charge in [0.05, 0.1) is 0 Å². The Morgan fingerprint density at radius 1 is 1.29 bits per heavy atom. The van der Waals surface area contributed by atoms with Crippen LogP contribution in [0.1, 0.15) is 2.85 Å². The number of phosphoric acid groups is 2. The smallest absolute Gasteiger partial charge is 1.00 e. The van der Waals surface area contributed by atoms with Crippen LogP contribution in [0.2, 0.25) is 0 Å². The zero-order chi connectivity index (χ0) is 11.1. The number of halogens is 1. The SMILES string of the molecule is CO.O=P(O)(O)OP(=O)(O)OCCl.[Ba+2].[H-].[H-]. The number of aliphatic hydroxyl groups excluding tert-OH is 1. The molecule has 0 rings (SSSR count). The van der Waals surface area contributed by atoms with Gasteiger partial charge in [0, 0.05) is 7.11 Å². The van der Waals surface area contributed by atoms with E-state index in [1.807, 2.05) is 0 Å². The summed E-state index contributed by atoms with van der Waals surface area (Å²) in [5, 5.41) is 7.00. The van der Waals surface area contributed by atoms with Gasteiger partial charge in [0.15, 0.2) is 0 Å². The van der Waals surface area contributed by atoms with E-state index in [9.17, 15) is 9.13 Å². The van der Waals surface area contributed by atoms with E-state index in [4.69, 9.17) is 31.4 Å². The topological polar surface area (TPSA) is 134 Å². The molecule has 0 aromatic carbocycles. The molecule has 0 aliphatic rings. The van der Waals surface area contributed by atoms with E-state index >= 15 is 0 Å². The number of phosphoric ester groups is 1. The van der Waals surface area contributed by atoms with E-state index in [1.165, 1.54) is 0 Å². The first-order chi connectivity index (χ1) is 5.77. The summed E-state index contributed by atoms with van der Waals surface area (Å²) in [5.41, 5.74) is 0. The third-order valence-corrected chi connectivity index (χ3v) is 2.81. The van der Waals surface area contributed by atoms with Gasteiger partial charge in [0.1, 0.15) is 6.07 Å². The van der Waals surface area contributed by atoms with Crippen LogP contribution in [0.5, 0.6) is 0 Å². The first-order valence-corrected chi connectivity index (χ1v) is 6.08. The summed E-state index contributed by atoms with van der Waals surface area (Å²) in [6.07, 6.45) is 0. The molecule has 0 fully saturated rings. The first kappa shape index (κ1) is 21.4. The van der Waals surface area contributed by atoms with Crippen molar-refractivity contribution in [2.24, 2.45) is 0 Å². The van der Waals surface area contributed by atoms with Crippen molar-refractivity contribution >= 4 is 76.1 Å². The van der Waals surface area contributed by atoms with Crippen molar-refractivity contribution in [3.8, 4) is 0 Å². The average Bonchev–Trinajstić information content (AvgIpc) is 1.85. The summed E-state index contributed by atoms with van der Waals surface area (Å²) in [6, 6.07) is -0.701. The van der Waals surface area contributed by atoms with Crippen LogP contribution in [0.3, 0.4) is 0 Å². The maximum Gasteiger partial charge on any atom is 2.00 e. The first-order valence-electron chi connectivity index (χ1n) is 2.52. The molecule has 0 spiro atoms. The second-order valence-corrected chi connectivity index (χ2v) is 4.33. The average molecular weight is 398 g/mol. The van der Waals surface area contributed by atoms with Crippen LogP contribution in [-0.2, 0) is 18.0 Å². The third kappa shape index (κ3) is 16.5. The Balaban J connectivity index is -0.0000000760. The minimum Gasteiger partial charge on any atom is -1.00 e. The number of rotatable bonds is 4. The van der Waals surface area contributed by atoms with Gasteiger partial charge >= 0.3 is 64.5 Å². The molecule has 14 heavy (non-hydrogen) atoms. The molecule has 86 valence electrons. The molecule has 8 nitrogen and oxygen atoms in total. The third-order valence-electron chi connectivity index (χ3n) is 0.421. The van der Waals surface area contributed by atoms with Crippen LogP contribution in [0, 0.1) is 0 Å². The fourth-order valence-electron chi connectivity index (χ4n) is 0.220. The summed E-state index contributed by atoms with van der Waals surface area (Å²) in [7, 11) is -8.72. The van der Waals surface area contributed by atoms with Crippen LogP contribution in [0.4, 0.5) is 0 Å². The van der Waals surface area contributed by atoms with Crippen LogP contribution in [0.15, 0.2) is 0 Å². The summed E-state index contributed by atoms with van der Waals surface area (Å²) >= 11 is 4.83. The number of alkyl halides is 1. The molecule has 0 heterocycles. The van der Waals surface area contributed by atoms with Gasteiger partial charge < -0.3 is 22.6 Å². The molecule has 0 bridgehead atoms. The van der Waals surface area contributed by atoms with Crippen molar-refractivity contribution in [3.05, 3.63) is 0 Å². The zero-order valence-corrected chi connectivity index (χ0v) is 14.1. The molecule has 0 radical (unpaired) electrons. The van der Waals surface area contributed by atoms with Crippen molar-refractivity contribution in [1.82, 2.24) is 0 Å². The molecule has 0 aliphatic heterocycles. The summed E-state index contributed by atoms with van der Waals surface area (Å²) in [6.45, 7) is 0. The van der Waals surface area contributed by atoms with Gasteiger partial charge in [0.25, 0.3) is 0 Å². The van der Waals surface area contributed by atoms with Crippen molar-refractivity contribution in [2.45, 2.75) is 0 Å². The predicted octanol–water partition coefficient (Wildman–Crippen LogP) is -0.138. The van der Waals surface area contributed by atoms with E-state index in [-0.39, 0.29) is 51.7 Å². The Kier molecular flexibility index (Phi) is 15.6. The van der Waals surface area contributed by atoms with E-state index in [1.54, 1.807) is 0 Å². The minimum atomic E-state index is -5.01. The number of hydrogen-bond donors (Lipinski definition) is 4. The fourth-order valence-corrected chi connectivity index (χ4v) is 1.98. The molecule has 0 aromatic heterocycles. The maximum atomic E-state index is 10.4. The zero-order valence-electron chi connectivity index (χ0n) is 9.11. The monoisotopic (exact) mass is 398 g/mol. The second-order valence-electron chi connectivity index (χ2n) is 1.28. The molecule has 1 atom stereocenters. The molecule has 12 heteroatoms. The van der Waals surface area contributed by atoms with Gasteiger partial charge in [-0.3, -0.25) is 4.52 Å². The minimum absolute atomic E-state index is 0. The summed E-state index contributed by atoms with van der Waals surface area (Å²) < 4.78 is 27.4. The van der Waals surface area contributed by atoms with Crippen LogP contribution in [-0.4, -0.2) is 81.8 Å². The quantitative estimate of drug-likeness (QED) is 0.292. The molecule has 0 aromatic rings. The van der Waals surface area contributed by atoms with Crippen molar-refractivity contribution in [2.75, 3.05) is 13.2 Å². The number of hydrogen-bond acceptors (Lipinski definition) is 5. The largest absolute Gasteiger partial charge is 2.00 e. The Bertz CT molecular complexity index is 224. The normalized spacial score (nSPS) is 14.4. The summed E-state index contributed by atoms with van der Waals surface area (Å²) in [4.78, 5) is 24.4. The van der Waals surface area contributed by atoms with Crippen molar-refractivity contribution in [3.63, 3.8) is 0 Å². The standard InChI is InChI=1S/CH5ClO7P2.CH4O.Ba.2H/c2-1-8-11(6,7)9-10(3,4)5;1-2;;;/h1H2,(H,6,7)(H2,3,4,5);2H,1H3;;;/q;;+2;2*-1. The molecule has 0 amide bonds. The second kappa shape index (κ2) is 10.2. The molecular weight excluding hydrogens is 387 g/mol.